The van der Waals surface area contributed by atoms with Crippen molar-refractivity contribution in [3.05, 3.63) is 82.9 Å². The first kappa shape index (κ1) is 24.0. The largest absolute Gasteiger partial charge is 0.507 e. The lowest BCUT2D eigenvalue weighted by Gasteiger charge is -2.23. The number of rotatable bonds is 5. The van der Waals surface area contributed by atoms with E-state index in [4.69, 9.17) is 14.2 Å². The smallest absolute Gasteiger partial charge is 0.301 e. The molecule has 2 aliphatic rings. The van der Waals surface area contributed by atoms with E-state index in [-0.39, 0.29) is 17.4 Å². The minimum Gasteiger partial charge on any atom is -0.507 e. The van der Waals surface area contributed by atoms with E-state index in [9.17, 15) is 14.7 Å². The zero-order valence-electron chi connectivity index (χ0n) is 20.9. The van der Waals surface area contributed by atoms with Gasteiger partial charge in [-0.15, -0.1) is 0 Å². The molecule has 1 saturated heterocycles. The molecule has 0 bridgehead atoms. The summed E-state index contributed by atoms with van der Waals surface area (Å²) >= 11 is 1.28. The molecule has 2 aliphatic heterocycles. The number of aromatic nitrogens is 1. The van der Waals surface area contributed by atoms with E-state index in [0.717, 1.165) is 16.0 Å². The van der Waals surface area contributed by atoms with Crippen molar-refractivity contribution in [1.29, 1.82) is 0 Å². The lowest BCUT2D eigenvalue weighted by atomic mass is 9.94. The maximum absolute atomic E-state index is 13.5. The summed E-state index contributed by atoms with van der Waals surface area (Å²) in [7, 11) is 3.14. The maximum atomic E-state index is 13.5. The van der Waals surface area contributed by atoms with Crippen molar-refractivity contribution in [2.45, 2.75) is 25.5 Å². The van der Waals surface area contributed by atoms with Crippen molar-refractivity contribution < 1.29 is 28.9 Å². The van der Waals surface area contributed by atoms with Crippen molar-refractivity contribution >= 4 is 44.1 Å². The fraction of sp³-hybridized carbons (Fsp3) is 0.207. The van der Waals surface area contributed by atoms with Crippen LogP contribution in [0.15, 0.2) is 66.2 Å². The Morgan fingerprint density at radius 2 is 1.76 bits per heavy atom. The van der Waals surface area contributed by atoms with Crippen molar-refractivity contribution in [3.63, 3.8) is 0 Å². The summed E-state index contributed by atoms with van der Waals surface area (Å²) in [6, 6.07) is 16.9. The van der Waals surface area contributed by atoms with Crippen molar-refractivity contribution in [2.24, 2.45) is 0 Å². The SMILES string of the molecule is COc1ccc(C2/C(=C(/O)c3ccc4c(c3)CC(C)O4)C(=O)C(=O)N2c2nc3ccc(OC)cc3s2)cc1. The summed E-state index contributed by atoms with van der Waals surface area (Å²) in [6.07, 6.45) is 0.729. The van der Waals surface area contributed by atoms with Crippen LogP contribution in [-0.4, -0.2) is 42.1 Å². The topological polar surface area (TPSA) is 98.2 Å². The minimum absolute atomic E-state index is 0.00363. The molecular formula is C29H24N2O6S. The fourth-order valence-corrected chi connectivity index (χ4v) is 6.00. The molecule has 3 heterocycles. The number of amides is 1. The molecule has 6 rings (SSSR count). The number of benzene rings is 3. The van der Waals surface area contributed by atoms with Crippen molar-refractivity contribution in [3.8, 4) is 17.2 Å². The molecule has 4 aromatic rings. The predicted octanol–water partition coefficient (Wildman–Crippen LogP) is 5.26. The van der Waals surface area contributed by atoms with Crippen LogP contribution in [0.4, 0.5) is 5.13 Å². The molecule has 1 N–H and O–H groups in total. The molecule has 0 saturated carbocycles. The van der Waals surface area contributed by atoms with Gasteiger partial charge >= 0.3 is 5.91 Å². The van der Waals surface area contributed by atoms with Gasteiger partial charge in [0.05, 0.1) is 36.1 Å². The second-order valence-electron chi connectivity index (χ2n) is 9.23. The molecule has 2 atom stereocenters. The van der Waals surface area contributed by atoms with Gasteiger partial charge < -0.3 is 19.3 Å². The van der Waals surface area contributed by atoms with Crippen molar-refractivity contribution in [2.75, 3.05) is 19.1 Å². The van der Waals surface area contributed by atoms with E-state index in [1.165, 1.54) is 16.2 Å². The van der Waals surface area contributed by atoms with Gasteiger partial charge in [0.15, 0.2) is 5.13 Å². The van der Waals surface area contributed by atoms with E-state index >= 15 is 0 Å². The molecule has 1 aromatic heterocycles. The Morgan fingerprint density at radius 3 is 2.50 bits per heavy atom. The van der Waals surface area contributed by atoms with Crippen LogP contribution in [-0.2, 0) is 16.0 Å². The number of ketones is 1. The number of carbonyl (C=O) groups is 2. The fourth-order valence-electron chi connectivity index (χ4n) is 4.98. The highest BCUT2D eigenvalue weighted by Crippen LogP contribution is 2.45. The molecule has 38 heavy (non-hydrogen) atoms. The molecular weight excluding hydrogens is 504 g/mol. The average molecular weight is 529 g/mol. The number of hydrogen-bond acceptors (Lipinski definition) is 8. The molecule has 192 valence electrons. The number of methoxy groups -OCH3 is 2. The van der Waals surface area contributed by atoms with Gasteiger partial charge in [-0.1, -0.05) is 23.5 Å². The highest BCUT2D eigenvalue weighted by Gasteiger charge is 2.48. The molecule has 3 aromatic carbocycles. The second-order valence-corrected chi connectivity index (χ2v) is 10.2. The number of hydrogen-bond donors (Lipinski definition) is 1. The van der Waals surface area contributed by atoms with Gasteiger partial charge in [-0.25, -0.2) is 4.98 Å². The van der Waals surface area contributed by atoms with Gasteiger partial charge in [0.2, 0.25) is 0 Å². The number of thiazole rings is 1. The first-order chi connectivity index (χ1) is 18.4. The predicted molar refractivity (Wildman–Crippen MR) is 144 cm³/mol. The van der Waals surface area contributed by atoms with Crippen LogP contribution >= 0.6 is 11.3 Å². The van der Waals surface area contributed by atoms with Crippen LogP contribution < -0.4 is 19.1 Å². The highest BCUT2D eigenvalue weighted by atomic mass is 32.1. The van der Waals surface area contributed by atoms with Crippen LogP contribution in [0.25, 0.3) is 16.0 Å². The summed E-state index contributed by atoms with van der Waals surface area (Å²) in [5.41, 5.74) is 2.71. The molecule has 0 radical (unpaired) electrons. The molecule has 9 heteroatoms. The van der Waals surface area contributed by atoms with Gasteiger partial charge in [-0.2, -0.15) is 0 Å². The number of aliphatic hydroxyl groups is 1. The third kappa shape index (κ3) is 3.86. The van der Waals surface area contributed by atoms with Gasteiger partial charge in [-0.3, -0.25) is 14.5 Å². The summed E-state index contributed by atoms with van der Waals surface area (Å²) in [6.45, 7) is 1.97. The maximum Gasteiger partial charge on any atom is 0.301 e. The quantitative estimate of drug-likeness (QED) is 0.214. The van der Waals surface area contributed by atoms with E-state index < -0.39 is 17.7 Å². The van der Waals surface area contributed by atoms with E-state index in [2.05, 4.69) is 4.98 Å². The Kier molecular flexibility index (Phi) is 5.80. The van der Waals surface area contributed by atoms with Crippen LogP contribution in [0.5, 0.6) is 17.2 Å². The molecule has 2 unspecified atom stereocenters. The van der Waals surface area contributed by atoms with Gasteiger partial charge in [-0.05, 0) is 66.6 Å². The monoisotopic (exact) mass is 528 g/mol. The lowest BCUT2D eigenvalue weighted by Crippen LogP contribution is -2.29. The normalized spacial score (nSPS) is 20.0. The number of carbonyl (C=O) groups excluding carboxylic acids is 2. The first-order valence-electron chi connectivity index (χ1n) is 12.1. The Hall–Kier alpha value is -4.37. The lowest BCUT2D eigenvalue weighted by molar-refractivity contribution is -0.132. The van der Waals surface area contributed by atoms with Crippen LogP contribution in [0.3, 0.4) is 0 Å². The number of ether oxygens (including phenoxy) is 3. The first-order valence-corrected chi connectivity index (χ1v) is 12.9. The zero-order chi connectivity index (χ0) is 26.6. The average Bonchev–Trinajstić information content (AvgIpc) is 3.60. The number of anilines is 1. The molecule has 1 fully saturated rings. The summed E-state index contributed by atoms with van der Waals surface area (Å²) in [5, 5.41) is 11.8. The van der Waals surface area contributed by atoms with Gasteiger partial charge in [0.25, 0.3) is 5.78 Å². The molecule has 0 spiro atoms. The van der Waals surface area contributed by atoms with Crippen LogP contribution in [0.2, 0.25) is 0 Å². The number of Topliss-reactive ketones (excluding diaryl/α,β-unsaturated/α-hetero) is 1. The van der Waals surface area contributed by atoms with E-state index in [1.54, 1.807) is 62.8 Å². The van der Waals surface area contributed by atoms with Crippen LogP contribution in [0, 0.1) is 0 Å². The second kappa shape index (κ2) is 9.18. The number of fused-ring (bicyclic) bond motifs is 2. The van der Waals surface area contributed by atoms with Crippen molar-refractivity contribution in [1.82, 2.24) is 4.98 Å². The van der Waals surface area contributed by atoms with Gasteiger partial charge in [0.1, 0.15) is 29.1 Å². The van der Waals surface area contributed by atoms with Crippen LogP contribution in [0.1, 0.15) is 29.7 Å². The third-order valence-electron chi connectivity index (χ3n) is 6.84. The Bertz CT molecular complexity index is 1620. The third-order valence-corrected chi connectivity index (χ3v) is 7.85. The Labute approximate surface area is 222 Å². The molecule has 0 aliphatic carbocycles. The Morgan fingerprint density at radius 1 is 1.03 bits per heavy atom. The van der Waals surface area contributed by atoms with Gasteiger partial charge in [0, 0.05) is 12.0 Å². The zero-order valence-corrected chi connectivity index (χ0v) is 21.7. The van der Waals surface area contributed by atoms with E-state index in [0.29, 0.717) is 39.7 Å². The minimum atomic E-state index is -0.883. The van der Waals surface area contributed by atoms with E-state index in [1.807, 2.05) is 19.1 Å². The highest BCUT2D eigenvalue weighted by molar-refractivity contribution is 7.22. The summed E-state index contributed by atoms with van der Waals surface area (Å²) < 4.78 is 17.2. The summed E-state index contributed by atoms with van der Waals surface area (Å²) in [5.74, 6) is 0.284. The number of nitrogens with zero attached hydrogens (tertiary/aromatic N) is 2. The molecule has 8 nitrogen and oxygen atoms in total. The summed E-state index contributed by atoms with van der Waals surface area (Å²) in [4.78, 5) is 33.1. The molecule has 1 amide bonds. The Balaban J connectivity index is 1.52. The number of aliphatic hydroxyl groups excluding tert-OH is 1. The standard InChI is InChI=1S/C29H24N2O6S/c1-15-12-18-13-17(6-11-22(18)37-15)26(32)24-25(16-4-7-19(35-2)8-5-16)31(28(34)27(24)33)29-30-21-10-9-20(36-3)14-23(21)38-29/h4-11,13-15,25,32H,12H2,1-3H3/b26-24-.